The van der Waals surface area contributed by atoms with E-state index in [-0.39, 0.29) is 0 Å². The molecule has 0 amide bonds. The molecule has 11 rings (SSSR count). The molecule has 0 fully saturated rings. The van der Waals surface area contributed by atoms with Crippen molar-refractivity contribution in [2.24, 2.45) is 0 Å². The van der Waals surface area contributed by atoms with Gasteiger partial charge in [-0.25, -0.2) is 0 Å². The molecule has 0 saturated heterocycles. The third-order valence-corrected chi connectivity index (χ3v) is 12.3. The summed E-state index contributed by atoms with van der Waals surface area (Å²) in [6.45, 7) is 2.14. The van der Waals surface area contributed by atoms with Crippen LogP contribution in [-0.4, -0.2) is 0 Å². The van der Waals surface area contributed by atoms with Crippen molar-refractivity contribution in [3.8, 4) is 67.0 Å². The Morgan fingerprint density at radius 3 is 1.27 bits per heavy atom. The van der Waals surface area contributed by atoms with Crippen LogP contribution >= 0.6 is 0 Å². The Balaban J connectivity index is 0.912. The molecule has 2 heteroatoms. The van der Waals surface area contributed by atoms with Crippen LogP contribution in [0.15, 0.2) is 247 Å². The summed E-state index contributed by atoms with van der Waals surface area (Å²) < 4.78 is 6.35. The van der Waals surface area contributed by atoms with E-state index in [9.17, 15) is 0 Å². The molecule has 1 heterocycles. The Hall–Kier alpha value is -8.20. The van der Waals surface area contributed by atoms with Crippen molar-refractivity contribution < 1.29 is 4.42 Å². The van der Waals surface area contributed by atoms with E-state index in [0.717, 1.165) is 56.0 Å². The van der Waals surface area contributed by atoms with Crippen LogP contribution in [0.5, 0.6) is 0 Å². The summed E-state index contributed by atoms with van der Waals surface area (Å²) in [5.74, 6) is 0.917. The number of benzene rings is 10. The number of aryl methyl sites for hydroxylation is 1. The molecule has 0 aliphatic heterocycles. The Bertz CT molecular complexity index is 3340. The van der Waals surface area contributed by atoms with Crippen LogP contribution < -0.4 is 4.90 Å². The highest BCUT2D eigenvalue weighted by atomic mass is 16.3. The average molecular weight is 806 g/mol. The van der Waals surface area contributed by atoms with E-state index in [1.807, 2.05) is 12.1 Å². The molecule has 0 radical (unpaired) electrons. The van der Waals surface area contributed by atoms with Gasteiger partial charge in [0.1, 0.15) is 11.3 Å². The van der Waals surface area contributed by atoms with Gasteiger partial charge in [-0.05, 0) is 122 Å². The maximum Gasteiger partial charge on any atom is 0.138 e. The Morgan fingerprint density at radius 1 is 0.302 bits per heavy atom. The van der Waals surface area contributed by atoms with Crippen molar-refractivity contribution in [2.45, 2.75) is 6.92 Å². The maximum absolute atomic E-state index is 6.35. The standard InChI is InChI=1S/C61H43NO/c1-42-57-17-7-8-20-60(57)63-61(42)53-16-9-15-52(41-53)49-33-39-56(40-34-49)62(54-35-29-47(30-36-54)45-23-21-44(22-24-45)43-11-3-2-4-12-43)55-37-31-48(32-38-55)46-25-27-51(28-26-46)59-19-10-14-50-13-5-6-18-58(50)59/h2-41H,1H3. The number of furan rings is 1. The molecule has 63 heavy (non-hydrogen) atoms. The van der Waals surface area contributed by atoms with Gasteiger partial charge >= 0.3 is 0 Å². The first-order valence-corrected chi connectivity index (χ1v) is 21.6. The Labute approximate surface area is 368 Å². The van der Waals surface area contributed by atoms with Gasteiger partial charge < -0.3 is 9.32 Å². The van der Waals surface area contributed by atoms with Crippen LogP contribution in [-0.2, 0) is 0 Å². The van der Waals surface area contributed by atoms with Crippen molar-refractivity contribution in [1.82, 2.24) is 0 Å². The van der Waals surface area contributed by atoms with Crippen molar-refractivity contribution in [2.75, 3.05) is 4.90 Å². The summed E-state index contributed by atoms with van der Waals surface area (Å²) in [4.78, 5) is 2.34. The third kappa shape index (κ3) is 7.39. The summed E-state index contributed by atoms with van der Waals surface area (Å²) in [6, 6.07) is 87.1. The predicted molar refractivity (Wildman–Crippen MR) is 266 cm³/mol. The zero-order chi connectivity index (χ0) is 42.1. The van der Waals surface area contributed by atoms with Crippen molar-refractivity contribution in [3.63, 3.8) is 0 Å². The fourth-order valence-electron chi connectivity index (χ4n) is 8.95. The molecule has 0 unspecified atom stereocenters. The lowest BCUT2D eigenvalue weighted by Gasteiger charge is -2.26. The molecule has 298 valence electrons. The lowest BCUT2D eigenvalue weighted by Crippen LogP contribution is -2.09. The second-order valence-electron chi connectivity index (χ2n) is 16.2. The molecule has 0 aliphatic carbocycles. The summed E-state index contributed by atoms with van der Waals surface area (Å²) in [6.07, 6.45) is 0. The molecule has 2 nitrogen and oxygen atoms in total. The minimum atomic E-state index is 0.914. The monoisotopic (exact) mass is 805 g/mol. The average Bonchev–Trinajstić information content (AvgIpc) is 3.71. The van der Waals surface area contributed by atoms with E-state index >= 15 is 0 Å². The molecule has 10 aromatic carbocycles. The molecule has 0 saturated carbocycles. The fourth-order valence-corrected chi connectivity index (χ4v) is 8.95. The first kappa shape index (κ1) is 37.8. The molecule has 11 aromatic rings. The van der Waals surface area contributed by atoms with E-state index in [4.69, 9.17) is 4.42 Å². The number of nitrogens with zero attached hydrogens (tertiary/aromatic N) is 1. The minimum Gasteiger partial charge on any atom is -0.456 e. The summed E-state index contributed by atoms with van der Waals surface area (Å²) in [5.41, 5.74) is 18.3. The van der Waals surface area contributed by atoms with Crippen LogP contribution in [0.3, 0.4) is 0 Å². The number of anilines is 3. The van der Waals surface area contributed by atoms with Gasteiger partial charge in [0.05, 0.1) is 0 Å². The van der Waals surface area contributed by atoms with Gasteiger partial charge in [-0.1, -0.05) is 194 Å². The lowest BCUT2D eigenvalue weighted by atomic mass is 9.96. The van der Waals surface area contributed by atoms with E-state index < -0.39 is 0 Å². The Kier molecular flexibility index (Phi) is 9.80. The van der Waals surface area contributed by atoms with Crippen molar-refractivity contribution in [3.05, 3.63) is 248 Å². The van der Waals surface area contributed by atoms with E-state index in [2.05, 4.69) is 242 Å². The second-order valence-corrected chi connectivity index (χ2v) is 16.2. The largest absolute Gasteiger partial charge is 0.456 e. The minimum absolute atomic E-state index is 0.914. The molecular weight excluding hydrogens is 763 g/mol. The molecule has 0 atom stereocenters. The highest BCUT2D eigenvalue weighted by Crippen LogP contribution is 2.40. The van der Waals surface area contributed by atoms with E-state index in [1.165, 1.54) is 55.3 Å². The van der Waals surface area contributed by atoms with Gasteiger partial charge in [0.25, 0.3) is 0 Å². The first-order chi connectivity index (χ1) is 31.1. The van der Waals surface area contributed by atoms with Gasteiger partial charge in [-0.2, -0.15) is 0 Å². The predicted octanol–water partition coefficient (Wildman–Crippen LogP) is 17.4. The quantitative estimate of drug-likeness (QED) is 0.144. The zero-order valence-corrected chi connectivity index (χ0v) is 34.9. The molecule has 0 bridgehead atoms. The van der Waals surface area contributed by atoms with Gasteiger partial charge in [0, 0.05) is 33.6 Å². The summed E-state index contributed by atoms with van der Waals surface area (Å²) in [5, 5.41) is 3.67. The van der Waals surface area contributed by atoms with E-state index in [0.29, 0.717) is 0 Å². The summed E-state index contributed by atoms with van der Waals surface area (Å²) >= 11 is 0. The number of rotatable bonds is 9. The van der Waals surface area contributed by atoms with E-state index in [1.54, 1.807) is 0 Å². The van der Waals surface area contributed by atoms with Crippen LogP contribution in [0.2, 0.25) is 0 Å². The van der Waals surface area contributed by atoms with Gasteiger partial charge in [-0.3, -0.25) is 0 Å². The number of para-hydroxylation sites is 1. The van der Waals surface area contributed by atoms with Crippen LogP contribution in [0.1, 0.15) is 5.56 Å². The van der Waals surface area contributed by atoms with Crippen LogP contribution in [0.4, 0.5) is 17.1 Å². The molecule has 0 aliphatic rings. The number of fused-ring (bicyclic) bond motifs is 2. The second kappa shape index (κ2) is 16.3. The molecular formula is C61H43NO. The lowest BCUT2D eigenvalue weighted by molar-refractivity contribution is 0.629. The van der Waals surface area contributed by atoms with Crippen molar-refractivity contribution in [1.29, 1.82) is 0 Å². The molecule has 1 aromatic heterocycles. The normalized spacial score (nSPS) is 11.3. The van der Waals surface area contributed by atoms with Gasteiger partial charge in [-0.15, -0.1) is 0 Å². The zero-order valence-electron chi connectivity index (χ0n) is 34.9. The molecule has 0 N–H and O–H groups in total. The Morgan fingerprint density at radius 2 is 0.698 bits per heavy atom. The molecule has 0 spiro atoms. The maximum atomic E-state index is 6.35. The highest BCUT2D eigenvalue weighted by molar-refractivity contribution is 5.97. The van der Waals surface area contributed by atoms with Crippen LogP contribution in [0, 0.1) is 6.92 Å². The van der Waals surface area contributed by atoms with Crippen molar-refractivity contribution >= 4 is 38.8 Å². The summed E-state index contributed by atoms with van der Waals surface area (Å²) in [7, 11) is 0. The SMILES string of the molecule is Cc1c(-c2cccc(-c3ccc(N(c4ccc(-c5ccc(-c6ccccc6)cc5)cc4)c4ccc(-c5ccc(-c6cccc7ccccc67)cc5)cc4)cc3)c2)oc2ccccc12. The van der Waals surface area contributed by atoms with Gasteiger partial charge in [0.2, 0.25) is 0 Å². The van der Waals surface area contributed by atoms with Crippen LogP contribution in [0.25, 0.3) is 88.7 Å². The number of hydrogen-bond donors (Lipinski definition) is 0. The van der Waals surface area contributed by atoms with Gasteiger partial charge in [0.15, 0.2) is 0 Å². The number of hydrogen-bond acceptors (Lipinski definition) is 2. The third-order valence-electron chi connectivity index (χ3n) is 12.3. The topological polar surface area (TPSA) is 16.4 Å². The smallest absolute Gasteiger partial charge is 0.138 e. The highest BCUT2D eigenvalue weighted by Gasteiger charge is 2.16. The first-order valence-electron chi connectivity index (χ1n) is 21.6. The fraction of sp³-hybridized carbons (Fsp3) is 0.0164.